The fourth-order valence-electron chi connectivity index (χ4n) is 2.15. The van der Waals surface area contributed by atoms with E-state index in [2.05, 4.69) is 19.2 Å². The van der Waals surface area contributed by atoms with Gasteiger partial charge in [0.25, 0.3) is 0 Å². The summed E-state index contributed by atoms with van der Waals surface area (Å²) in [5.41, 5.74) is 2.20. The topological polar surface area (TPSA) is 41.5 Å². The Morgan fingerprint density at radius 3 is 2.40 bits per heavy atom. The van der Waals surface area contributed by atoms with E-state index in [0.717, 1.165) is 31.6 Å². The quantitative estimate of drug-likeness (QED) is 0.682. The van der Waals surface area contributed by atoms with Crippen molar-refractivity contribution in [1.82, 2.24) is 5.32 Å². The first-order valence-corrected chi connectivity index (χ1v) is 7.64. The fourth-order valence-corrected chi connectivity index (χ4v) is 2.15. The number of aryl methyl sites for hydroxylation is 1. The summed E-state index contributed by atoms with van der Waals surface area (Å²) >= 11 is 0. The van der Waals surface area contributed by atoms with Gasteiger partial charge in [0.2, 0.25) is 0 Å². The van der Waals surface area contributed by atoms with Gasteiger partial charge in [-0.15, -0.1) is 0 Å². The van der Waals surface area contributed by atoms with Gasteiger partial charge in [-0.2, -0.15) is 0 Å². The molecular formula is C17H29NO2. The zero-order valence-electron chi connectivity index (χ0n) is 13.2. The molecule has 0 aliphatic rings. The zero-order valence-corrected chi connectivity index (χ0v) is 13.2. The van der Waals surface area contributed by atoms with Crippen LogP contribution < -0.4 is 5.32 Å². The van der Waals surface area contributed by atoms with E-state index >= 15 is 0 Å². The van der Waals surface area contributed by atoms with Crippen molar-refractivity contribution >= 4 is 0 Å². The Morgan fingerprint density at radius 1 is 1.20 bits per heavy atom. The largest absolute Gasteiger partial charge is 0.387 e. The van der Waals surface area contributed by atoms with Crippen LogP contribution in [-0.2, 0) is 4.74 Å². The minimum atomic E-state index is -0.452. The lowest BCUT2D eigenvalue weighted by Gasteiger charge is -2.23. The molecule has 0 amide bonds. The van der Waals surface area contributed by atoms with E-state index in [4.69, 9.17) is 4.74 Å². The summed E-state index contributed by atoms with van der Waals surface area (Å²) in [4.78, 5) is 0. The van der Waals surface area contributed by atoms with Crippen LogP contribution in [0.2, 0.25) is 0 Å². The van der Waals surface area contributed by atoms with Gasteiger partial charge in [0.1, 0.15) is 0 Å². The number of hydrogen-bond acceptors (Lipinski definition) is 3. The average molecular weight is 279 g/mol. The van der Waals surface area contributed by atoms with Crippen molar-refractivity contribution in [3.63, 3.8) is 0 Å². The van der Waals surface area contributed by atoms with Crippen LogP contribution in [0.3, 0.4) is 0 Å². The highest BCUT2D eigenvalue weighted by Crippen LogP contribution is 2.19. The molecule has 0 saturated heterocycles. The number of benzene rings is 1. The van der Waals surface area contributed by atoms with Gasteiger partial charge in [0.05, 0.1) is 12.2 Å². The average Bonchev–Trinajstić information content (AvgIpc) is 2.42. The first kappa shape index (κ1) is 17.2. The van der Waals surface area contributed by atoms with Gasteiger partial charge >= 0.3 is 0 Å². The fraction of sp³-hybridized carbons (Fsp3) is 0.647. The molecule has 3 nitrogen and oxygen atoms in total. The lowest BCUT2D eigenvalue weighted by atomic mass is 9.99. The van der Waals surface area contributed by atoms with Gasteiger partial charge in [-0.1, -0.05) is 36.8 Å². The monoisotopic (exact) mass is 279 g/mol. The van der Waals surface area contributed by atoms with Gasteiger partial charge < -0.3 is 15.2 Å². The third-order valence-electron chi connectivity index (χ3n) is 3.42. The number of ether oxygens (including phenoxy) is 1. The molecule has 1 aromatic rings. The third-order valence-corrected chi connectivity index (χ3v) is 3.42. The van der Waals surface area contributed by atoms with Gasteiger partial charge in [0.15, 0.2) is 0 Å². The maximum atomic E-state index is 10.4. The SMILES string of the molecule is CCC(NCCCOC(C)C)C(O)c1ccc(C)cc1. The third kappa shape index (κ3) is 6.04. The molecule has 0 aliphatic heterocycles. The molecule has 2 N–H and O–H groups in total. The predicted octanol–water partition coefficient (Wildman–Crippen LogP) is 3.21. The summed E-state index contributed by atoms with van der Waals surface area (Å²) < 4.78 is 5.51. The van der Waals surface area contributed by atoms with Crippen LogP contribution in [0.5, 0.6) is 0 Å². The molecule has 0 bridgehead atoms. The Bertz CT molecular complexity index is 362. The van der Waals surface area contributed by atoms with Crippen molar-refractivity contribution in [2.75, 3.05) is 13.2 Å². The van der Waals surface area contributed by atoms with E-state index in [1.807, 2.05) is 38.1 Å². The lowest BCUT2D eigenvalue weighted by molar-refractivity contribution is 0.0739. The van der Waals surface area contributed by atoms with Crippen LogP contribution in [0.15, 0.2) is 24.3 Å². The van der Waals surface area contributed by atoms with Gasteiger partial charge in [-0.3, -0.25) is 0 Å². The second-order valence-corrected chi connectivity index (χ2v) is 5.60. The summed E-state index contributed by atoms with van der Waals surface area (Å²) in [5, 5.41) is 13.8. The second kappa shape index (κ2) is 9.11. The van der Waals surface area contributed by atoms with Crippen molar-refractivity contribution in [2.45, 2.75) is 58.8 Å². The highest BCUT2D eigenvalue weighted by Gasteiger charge is 2.18. The smallest absolute Gasteiger partial charge is 0.0942 e. The Kier molecular flexibility index (Phi) is 7.82. The predicted molar refractivity (Wildman–Crippen MR) is 83.9 cm³/mol. The van der Waals surface area contributed by atoms with E-state index in [1.165, 1.54) is 5.56 Å². The molecule has 20 heavy (non-hydrogen) atoms. The Morgan fingerprint density at radius 2 is 1.85 bits per heavy atom. The molecule has 0 heterocycles. The lowest BCUT2D eigenvalue weighted by Crippen LogP contribution is -2.35. The molecule has 0 fully saturated rings. The van der Waals surface area contributed by atoms with Crippen LogP contribution in [0.25, 0.3) is 0 Å². The van der Waals surface area contributed by atoms with Crippen LogP contribution in [0.4, 0.5) is 0 Å². The number of hydrogen-bond donors (Lipinski definition) is 2. The van der Waals surface area contributed by atoms with Crippen molar-refractivity contribution < 1.29 is 9.84 Å². The number of aliphatic hydroxyl groups is 1. The van der Waals surface area contributed by atoms with Crippen LogP contribution in [0.1, 0.15) is 50.8 Å². The summed E-state index contributed by atoms with van der Waals surface area (Å²) in [7, 11) is 0. The van der Waals surface area contributed by atoms with Crippen molar-refractivity contribution in [1.29, 1.82) is 0 Å². The molecule has 2 atom stereocenters. The highest BCUT2D eigenvalue weighted by atomic mass is 16.5. The normalized spacial score (nSPS) is 14.5. The number of aliphatic hydroxyl groups excluding tert-OH is 1. The first-order chi connectivity index (χ1) is 9.54. The van der Waals surface area contributed by atoms with E-state index < -0.39 is 6.10 Å². The zero-order chi connectivity index (χ0) is 15.0. The molecule has 1 aromatic carbocycles. The Hall–Kier alpha value is -0.900. The number of nitrogens with one attached hydrogen (secondary N) is 1. The second-order valence-electron chi connectivity index (χ2n) is 5.60. The first-order valence-electron chi connectivity index (χ1n) is 7.64. The van der Waals surface area contributed by atoms with Gasteiger partial charge in [-0.25, -0.2) is 0 Å². The molecule has 3 heteroatoms. The molecule has 1 rings (SSSR count). The summed E-state index contributed by atoms with van der Waals surface area (Å²) in [6.45, 7) is 9.88. The molecule has 114 valence electrons. The maximum absolute atomic E-state index is 10.4. The molecule has 0 aromatic heterocycles. The van der Waals surface area contributed by atoms with E-state index in [-0.39, 0.29) is 12.1 Å². The van der Waals surface area contributed by atoms with Crippen LogP contribution in [-0.4, -0.2) is 30.4 Å². The summed E-state index contributed by atoms with van der Waals surface area (Å²) in [6, 6.07) is 8.19. The minimum Gasteiger partial charge on any atom is -0.387 e. The van der Waals surface area contributed by atoms with E-state index in [1.54, 1.807) is 0 Å². The minimum absolute atomic E-state index is 0.0942. The van der Waals surface area contributed by atoms with E-state index in [0.29, 0.717) is 0 Å². The highest BCUT2D eigenvalue weighted by molar-refractivity contribution is 5.24. The van der Waals surface area contributed by atoms with Crippen molar-refractivity contribution in [2.24, 2.45) is 0 Å². The number of rotatable bonds is 9. The summed E-state index contributed by atoms with van der Waals surface area (Å²) in [5.74, 6) is 0. The van der Waals surface area contributed by atoms with Crippen molar-refractivity contribution in [3.8, 4) is 0 Å². The Labute approximate surface area is 123 Å². The summed E-state index contributed by atoms with van der Waals surface area (Å²) in [6.07, 6.45) is 1.71. The maximum Gasteiger partial charge on any atom is 0.0942 e. The van der Waals surface area contributed by atoms with Gasteiger partial charge in [0, 0.05) is 12.6 Å². The molecule has 2 unspecified atom stereocenters. The molecule has 0 aliphatic carbocycles. The van der Waals surface area contributed by atoms with Crippen molar-refractivity contribution in [3.05, 3.63) is 35.4 Å². The standard InChI is InChI=1S/C17H29NO2/c1-5-16(18-11-6-12-20-13(2)3)17(19)15-9-7-14(4)8-10-15/h7-10,13,16-19H,5-6,11-12H2,1-4H3. The van der Waals surface area contributed by atoms with Crippen LogP contribution in [0, 0.1) is 6.92 Å². The van der Waals surface area contributed by atoms with Gasteiger partial charge in [-0.05, 0) is 45.7 Å². The molecular weight excluding hydrogens is 250 g/mol. The molecule has 0 saturated carbocycles. The Balaban J connectivity index is 2.39. The molecule has 0 spiro atoms. The van der Waals surface area contributed by atoms with Crippen LogP contribution >= 0.6 is 0 Å². The molecule has 0 radical (unpaired) electrons. The van der Waals surface area contributed by atoms with E-state index in [9.17, 15) is 5.11 Å².